The monoisotopic (exact) mass is 449 g/mol. The maximum absolute atomic E-state index is 14.0. The highest BCUT2D eigenvalue weighted by atomic mass is 79.9. The van der Waals surface area contributed by atoms with Gasteiger partial charge in [-0.3, -0.25) is 4.79 Å². The van der Waals surface area contributed by atoms with Crippen LogP contribution in [-0.4, -0.2) is 30.2 Å². The van der Waals surface area contributed by atoms with Crippen LogP contribution in [0.5, 0.6) is 17.2 Å². The molecule has 0 spiro atoms. The molecule has 0 bridgehead atoms. The molecule has 0 atom stereocenters. The first-order valence-electron chi connectivity index (χ1n) is 9.36. The fourth-order valence-electron chi connectivity index (χ4n) is 3.69. The molecule has 4 rings (SSSR count). The van der Waals surface area contributed by atoms with Crippen LogP contribution in [-0.2, 0) is 11.3 Å². The van der Waals surface area contributed by atoms with Crippen molar-refractivity contribution in [1.82, 2.24) is 4.90 Å². The lowest BCUT2D eigenvalue weighted by molar-refractivity contribution is -0.136. The quantitative estimate of drug-likeness (QED) is 0.642. The van der Waals surface area contributed by atoms with Crippen molar-refractivity contribution in [2.24, 2.45) is 0 Å². The number of halogens is 2. The average molecular weight is 450 g/mol. The van der Waals surface area contributed by atoms with Crippen LogP contribution in [0, 0.1) is 5.82 Å². The number of carbonyl (C=O) groups excluding carboxylic acids is 1. The molecule has 0 N–H and O–H groups in total. The number of benzene rings is 2. The Bertz CT molecular complexity index is 869. The number of fused-ring (bicyclic) bond motifs is 1. The fraction of sp³-hybridized carbons (Fsp3) is 0.381. The van der Waals surface area contributed by atoms with Crippen LogP contribution in [0.15, 0.2) is 40.9 Å². The van der Waals surface area contributed by atoms with Crippen molar-refractivity contribution in [2.75, 3.05) is 13.4 Å². The van der Waals surface area contributed by atoms with E-state index in [9.17, 15) is 9.18 Å². The summed E-state index contributed by atoms with van der Waals surface area (Å²) in [5.74, 6) is 0.851. The summed E-state index contributed by atoms with van der Waals surface area (Å²) in [5, 5.41) is 0. The van der Waals surface area contributed by atoms with E-state index in [-0.39, 0.29) is 31.1 Å². The summed E-state index contributed by atoms with van der Waals surface area (Å²) in [4.78, 5) is 14.8. The standard InChI is InChI=1S/C21H21BrFNO4/c22-15-6-8-18(17(23)10-15)26-12-21(25)24(16-3-1-2-4-16)11-14-5-7-19-20(9-14)28-13-27-19/h5-10,16H,1-4,11-13H2. The molecule has 1 fully saturated rings. The molecule has 2 aromatic rings. The Morgan fingerprint density at radius 3 is 2.71 bits per heavy atom. The Balaban J connectivity index is 1.46. The van der Waals surface area contributed by atoms with Crippen LogP contribution in [0.1, 0.15) is 31.2 Å². The van der Waals surface area contributed by atoms with Crippen molar-refractivity contribution in [3.05, 3.63) is 52.3 Å². The number of amides is 1. The van der Waals surface area contributed by atoms with Crippen LogP contribution in [0.2, 0.25) is 0 Å². The first kappa shape index (κ1) is 19.1. The van der Waals surface area contributed by atoms with Gasteiger partial charge in [-0.25, -0.2) is 4.39 Å². The lowest BCUT2D eigenvalue weighted by atomic mass is 10.1. The molecule has 1 amide bonds. The largest absolute Gasteiger partial charge is 0.481 e. The van der Waals surface area contributed by atoms with Crippen LogP contribution >= 0.6 is 15.9 Å². The number of ether oxygens (including phenoxy) is 3. The minimum absolute atomic E-state index is 0.0750. The zero-order chi connectivity index (χ0) is 19.5. The van der Waals surface area contributed by atoms with E-state index in [1.54, 1.807) is 6.07 Å². The van der Waals surface area contributed by atoms with Gasteiger partial charge in [0.15, 0.2) is 29.7 Å². The topological polar surface area (TPSA) is 48.0 Å². The van der Waals surface area contributed by atoms with E-state index in [0.717, 1.165) is 37.0 Å². The van der Waals surface area contributed by atoms with Crippen LogP contribution in [0.4, 0.5) is 4.39 Å². The number of hydrogen-bond acceptors (Lipinski definition) is 4. The third-order valence-corrected chi connectivity index (χ3v) is 5.61. The van der Waals surface area contributed by atoms with Gasteiger partial charge in [0.25, 0.3) is 5.91 Å². The Morgan fingerprint density at radius 1 is 1.14 bits per heavy atom. The fourth-order valence-corrected chi connectivity index (χ4v) is 4.02. The molecule has 1 aliphatic carbocycles. The van der Waals surface area contributed by atoms with Crippen molar-refractivity contribution in [2.45, 2.75) is 38.3 Å². The summed E-state index contributed by atoms with van der Waals surface area (Å²) < 4.78 is 30.9. The van der Waals surface area contributed by atoms with Gasteiger partial charge in [0.1, 0.15) is 0 Å². The predicted molar refractivity (Wildman–Crippen MR) is 105 cm³/mol. The van der Waals surface area contributed by atoms with E-state index < -0.39 is 5.82 Å². The molecule has 5 nitrogen and oxygen atoms in total. The normalized spacial score (nSPS) is 15.6. The molecule has 0 aromatic heterocycles. The van der Waals surface area contributed by atoms with Crippen LogP contribution in [0.3, 0.4) is 0 Å². The molecule has 1 heterocycles. The van der Waals surface area contributed by atoms with Gasteiger partial charge >= 0.3 is 0 Å². The predicted octanol–water partition coefficient (Wildman–Crippen LogP) is 4.67. The molecular formula is C21H21BrFNO4. The number of carbonyl (C=O) groups is 1. The SMILES string of the molecule is O=C(COc1ccc(Br)cc1F)N(Cc1ccc2c(c1)OCO2)C1CCCC1. The zero-order valence-electron chi connectivity index (χ0n) is 15.3. The Labute approximate surface area is 171 Å². The molecular weight excluding hydrogens is 429 g/mol. The minimum atomic E-state index is -0.495. The third-order valence-electron chi connectivity index (χ3n) is 5.12. The zero-order valence-corrected chi connectivity index (χ0v) is 16.9. The molecule has 28 heavy (non-hydrogen) atoms. The molecule has 0 radical (unpaired) electrons. The number of nitrogens with zero attached hydrogens (tertiary/aromatic N) is 1. The maximum Gasteiger partial charge on any atom is 0.261 e. The van der Waals surface area contributed by atoms with E-state index in [4.69, 9.17) is 14.2 Å². The summed E-state index contributed by atoms with van der Waals surface area (Å²) >= 11 is 3.21. The molecule has 148 valence electrons. The highest BCUT2D eigenvalue weighted by molar-refractivity contribution is 9.10. The van der Waals surface area contributed by atoms with Crippen molar-refractivity contribution >= 4 is 21.8 Å². The van der Waals surface area contributed by atoms with Gasteiger partial charge < -0.3 is 19.1 Å². The first-order valence-corrected chi connectivity index (χ1v) is 10.2. The summed E-state index contributed by atoms with van der Waals surface area (Å²) in [5.41, 5.74) is 0.972. The molecule has 0 unspecified atom stereocenters. The summed E-state index contributed by atoms with van der Waals surface area (Å²) in [6.45, 7) is 0.489. The van der Waals surface area contributed by atoms with Gasteiger partial charge in [0.05, 0.1) is 0 Å². The van der Waals surface area contributed by atoms with E-state index in [1.165, 1.54) is 12.1 Å². The van der Waals surface area contributed by atoms with Gasteiger partial charge in [-0.2, -0.15) is 0 Å². The third kappa shape index (κ3) is 4.24. The maximum atomic E-state index is 14.0. The number of hydrogen-bond donors (Lipinski definition) is 0. The molecule has 0 saturated heterocycles. The highest BCUT2D eigenvalue weighted by Crippen LogP contribution is 2.34. The van der Waals surface area contributed by atoms with Gasteiger partial charge in [-0.05, 0) is 48.7 Å². The second-order valence-electron chi connectivity index (χ2n) is 7.01. The van der Waals surface area contributed by atoms with Crippen LogP contribution in [0.25, 0.3) is 0 Å². The highest BCUT2D eigenvalue weighted by Gasteiger charge is 2.28. The summed E-state index contributed by atoms with van der Waals surface area (Å²) in [7, 11) is 0. The van der Waals surface area contributed by atoms with Gasteiger partial charge in [-0.1, -0.05) is 34.8 Å². The van der Waals surface area contributed by atoms with Crippen molar-refractivity contribution in [3.63, 3.8) is 0 Å². The summed E-state index contributed by atoms with van der Waals surface area (Å²) in [6, 6.07) is 10.4. The van der Waals surface area contributed by atoms with E-state index in [2.05, 4.69) is 15.9 Å². The molecule has 1 saturated carbocycles. The Kier molecular flexibility index (Phi) is 5.71. The van der Waals surface area contributed by atoms with Crippen molar-refractivity contribution in [3.8, 4) is 17.2 Å². The van der Waals surface area contributed by atoms with Crippen molar-refractivity contribution < 1.29 is 23.4 Å². The van der Waals surface area contributed by atoms with E-state index >= 15 is 0 Å². The van der Waals surface area contributed by atoms with Crippen molar-refractivity contribution in [1.29, 1.82) is 0 Å². The minimum Gasteiger partial charge on any atom is -0.481 e. The lowest BCUT2D eigenvalue weighted by Crippen LogP contribution is -2.41. The first-order chi connectivity index (χ1) is 13.6. The van der Waals surface area contributed by atoms with E-state index in [1.807, 2.05) is 23.1 Å². The molecule has 2 aromatic carbocycles. The average Bonchev–Trinajstić information content (AvgIpc) is 3.36. The van der Waals surface area contributed by atoms with Gasteiger partial charge in [-0.15, -0.1) is 0 Å². The Morgan fingerprint density at radius 2 is 1.93 bits per heavy atom. The smallest absolute Gasteiger partial charge is 0.261 e. The van der Waals surface area contributed by atoms with Gasteiger partial charge in [0, 0.05) is 17.1 Å². The number of rotatable bonds is 6. The molecule has 1 aliphatic heterocycles. The van der Waals surface area contributed by atoms with Crippen LogP contribution < -0.4 is 14.2 Å². The summed E-state index contributed by atoms with van der Waals surface area (Å²) in [6.07, 6.45) is 4.17. The second kappa shape index (κ2) is 8.39. The van der Waals surface area contributed by atoms with E-state index in [0.29, 0.717) is 16.8 Å². The lowest BCUT2D eigenvalue weighted by Gasteiger charge is -2.29. The molecule has 7 heteroatoms. The van der Waals surface area contributed by atoms with Gasteiger partial charge in [0.2, 0.25) is 6.79 Å². The molecule has 2 aliphatic rings. The second-order valence-corrected chi connectivity index (χ2v) is 7.93. The Hall–Kier alpha value is -2.28.